The molecule has 0 fully saturated rings. The molecular weight excluding hydrogens is 293 g/mol. The van der Waals surface area contributed by atoms with Crippen LogP contribution in [0.25, 0.3) is 0 Å². The van der Waals surface area contributed by atoms with Crippen molar-refractivity contribution >= 4 is 18.1 Å². The summed E-state index contributed by atoms with van der Waals surface area (Å²) < 4.78 is 15.1. The van der Waals surface area contributed by atoms with E-state index in [1.807, 2.05) is 51.1 Å². The maximum atomic E-state index is 13.6. The number of carbonyl (C=O) groups excluding carboxylic acids is 1. The number of nitrogens with zero attached hydrogens (tertiary/aromatic N) is 1. The van der Waals surface area contributed by atoms with Gasteiger partial charge in [0.1, 0.15) is 0 Å². The third kappa shape index (κ3) is 2.79. The van der Waals surface area contributed by atoms with Crippen molar-refractivity contribution in [3.8, 4) is 0 Å². The number of carbonyl (C=O) groups is 1. The van der Waals surface area contributed by atoms with Gasteiger partial charge in [0.15, 0.2) is 0 Å². The second-order valence-corrected chi connectivity index (χ2v) is 8.71. The average molecular weight is 315 g/mol. The first kappa shape index (κ1) is 16.7. The lowest BCUT2D eigenvalue weighted by Crippen LogP contribution is -2.25. The maximum absolute atomic E-state index is 13.6. The van der Waals surface area contributed by atoms with Crippen molar-refractivity contribution in [3.05, 3.63) is 64.7 Å². The Hall–Kier alpha value is -1.70. The van der Waals surface area contributed by atoms with Crippen LogP contribution in [0.3, 0.4) is 0 Å². The minimum Gasteiger partial charge on any atom is -0.293 e. The van der Waals surface area contributed by atoms with Crippen LogP contribution < -0.4 is 5.30 Å². The summed E-state index contributed by atoms with van der Waals surface area (Å²) in [5.74, 6) is 0. The molecule has 22 heavy (non-hydrogen) atoms. The van der Waals surface area contributed by atoms with Crippen LogP contribution in [0.15, 0.2) is 42.5 Å². The molecule has 0 N–H and O–H groups in total. The van der Waals surface area contributed by atoms with Gasteiger partial charge in [0, 0.05) is 10.9 Å². The van der Waals surface area contributed by atoms with Crippen molar-refractivity contribution in [2.24, 2.45) is 0 Å². The molecule has 0 radical (unpaired) electrons. The third-order valence-electron chi connectivity index (χ3n) is 3.84. The summed E-state index contributed by atoms with van der Waals surface area (Å²) in [4.78, 5) is 13.2. The Balaban J connectivity index is 2.66. The first-order valence-corrected chi connectivity index (χ1v) is 8.90. The van der Waals surface area contributed by atoms with Gasteiger partial charge < -0.3 is 0 Å². The van der Waals surface area contributed by atoms with Gasteiger partial charge in [-0.25, -0.2) is 4.67 Å². The Labute approximate surface area is 132 Å². The van der Waals surface area contributed by atoms with Crippen LogP contribution in [0, 0.1) is 20.8 Å². The van der Waals surface area contributed by atoms with Crippen LogP contribution in [-0.2, 0) is 4.57 Å². The van der Waals surface area contributed by atoms with E-state index < -0.39 is 7.29 Å². The van der Waals surface area contributed by atoms with Crippen molar-refractivity contribution in [2.75, 3.05) is 14.1 Å². The zero-order valence-corrected chi connectivity index (χ0v) is 14.6. The Morgan fingerprint density at radius 3 is 1.91 bits per heavy atom. The molecule has 2 rings (SSSR count). The topological polar surface area (TPSA) is 37.4 Å². The van der Waals surface area contributed by atoms with Gasteiger partial charge in [-0.15, -0.1) is 0 Å². The minimum atomic E-state index is -3.33. The molecule has 1 unspecified atom stereocenters. The van der Waals surface area contributed by atoms with Crippen molar-refractivity contribution < 1.29 is 9.36 Å². The molecule has 0 heterocycles. The predicted molar refractivity (Wildman–Crippen MR) is 92.4 cm³/mol. The molecule has 3 nitrogen and oxygen atoms in total. The SMILES string of the molecule is Cc1cc(C)c(C(=O)P(=O)(c2ccccc2)N(C)C)c(C)c1. The average Bonchev–Trinajstić information content (AvgIpc) is 2.45. The summed E-state index contributed by atoms with van der Waals surface area (Å²) >= 11 is 0. The highest BCUT2D eigenvalue weighted by Crippen LogP contribution is 2.50. The van der Waals surface area contributed by atoms with Gasteiger partial charge in [0.25, 0.3) is 0 Å². The highest BCUT2D eigenvalue weighted by molar-refractivity contribution is 7.85. The van der Waals surface area contributed by atoms with Gasteiger partial charge in [-0.3, -0.25) is 9.36 Å². The Morgan fingerprint density at radius 2 is 1.45 bits per heavy atom. The molecule has 0 saturated carbocycles. The van der Waals surface area contributed by atoms with Gasteiger partial charge in [0.2, 0.25) is 12.8 Å². The number of benzene rings is 2. The van der Waals surface area contributed by atoms with E-state index in [1.165, 1.54) is 0 Å². The minimum absolute atomic E-state index is 0.293. The van der Waals surface area contributed by atoms with Crippen molar-refractivity contribution in [1.82, 2.24) is 4.67 Å². The second-order valence-electron chi connectivity index (χ2n) is 5.84. The van der Waals surface area contributed by atoms with Gasteiger partial charge in [0.05, 0.1) is 0 Å². The van der Waals surface area contributed by atoms with Crippen molar-refractivity contribution in [1.29, 1.82) is 0 Å². The first-order valence-electron chi connectivity index (χ1n) is 7.24. The Bertz CT molecular complexity index is 728. The molecule has 0 spiro atoms. The lowest BCUT2D eigenvalue weighted by Gasteiger charge is -2.25. The van der Waals surface area contributed by atoms with E-state index in [9.17, 15) is 9.36 Å². The molecule has 2 aromatic rings. The summed E-state index contributed by atoms with van der Waals surface area (Å²) in [5.41, 5.74) is 3.14. The molecule has 1 atom stereocenters. The van der Waals surface area contributed by atoms with E-state index in [-0.39, 0.29) is 5.52 Å². The number of aryl methyl sites for hydroxylation is 3. The summed E-state index contributed by atoms with van der Waals surface area (Å²) in [5, 5.41) is 0.573. The number of hydrogen-bond donors (Lipinski definition) is 0. The molecule has 2 aromatic carbocycles. The van der Waals surface area contributed by atoms with Crippen LogP contribution >= 0.6 is 7.29 Å². The molecule has 0 amide bonds. The van der Waals surface area contributed by atoms with E-state index in [0.717, 1.165) is 16.7 Å². The fourth-order valence-corrected chi connectivity index (χ4v) is 5.12. The van der Waals surface area contributed by atoms with Crippen LogP contribution in [-0.4, -0.2) is 24.3 Å². The van der Waals surface area contributed by atoms with Crippen LogP contribution in [0.2, 0.25) is 0 Å². The number of hydrogen-bond acceptors (Lipinski definition) is 2. The largest absolute Gasteiger partial charge is 0.293 e. The molecule has 0 saturated heterocycles. The van der Waals surface area contributed by atoms with Gasteiger partial charge in [-0.05, 0) is 58.1 Å². The smallest absolute Gasteiger partial charge is 0.245 e. The zero-order valence-electron chi connectivity index (χ0n) is 13.8. The standard InChI is InChI=1S/C18H22NO2P/c1-13-11-14(2)17(15(3)12-13)18(20)22(21,19(4)5)16-9-7-6-8-10-16/h6-12H,1-5H3. The van der Waals surface area contributed by atoms with Crippen molar-refractivity contribution in [2.45, 2.75) is 20.8 Å². The molecule has 0 bridgehead atoms. The van der Waals surface area contributed by atoms with Crippen LogP contribution in [0.5, 0.6) is 0 Å². The third-order valence-corrected chi connectivity index (χ3v) is 6.73. The molecule has 0 aromatic heterocycles. The van der Waals surface area contributed by atoms with E-state index in [2.05, 4.69) is 0 Å². The van der Waals surface area contributed by atoms with E-state index >= 15 is 0 Å². The summed E-state index contributed by atoms with van der Waals surface area (Å²) in [6, 6.07) is 12.9. The zero-order chi connectivity index (χ0) is 16.5. The highest BCUT2D eigenvalue weighted by atomic mass is 31.2. The van der Waals surface area contributed by atoms with E-state index in [0.29, 0.717) is 10.9 Å². The maximum Gasteiger partial charge on any atom is 0.245 e. The summed E-state index contributed by atoms with van der Waals surface area (Å²) in [7, 11) is 0.0667. The monoisotopic (exact) mass is 315 g/mol. The fraction of sp³-hybridized carbons (Fsp3) is 0.278. The van der Waals surface area contributed by atoms with Crippen LogP contribution in [0.1, 0.15) is 27.0 Å². The fourth-order valence-electron chi connectivity index (χ4n) is 2.83. The molecular formula is C18H22NO2P. The van der Waals surface area contributed by atoms with E-state index in [4.69, 9.17) is 0 Å². The molecule has 0 aliphatic rings. The molecule has 0 aliphatic heterocycles. The number of rotatable bonds is 4. The highest BCUT2D eigenvalue weighted by Gasteiger charge is 2.38. The van der Waals surface area contributed by atoms with Crippen molar-refractivity contribution in [3.63, 3.8) is 0 Å². The Kier molecular flexibility index (Phi) is 4.69. The summed E-state index contributed by atoms with van der Waals surface area (Å²) in [6.07, 6.45) is 0. The normalized spacial score (nSPS) is 13.9. The quantitative estimate of drug-likeness (QED) is 0.803. The Morgan fingerprint density at radius 1 is 0.955 bits per heavy atom. The second kappa shape index (κ2) is 6.20. The van der Waals surface area contributed by atoms with Gasteiger partial charge >= 0.3 is 0 Å². The lowest BCUT2D eigenvalue weighted by molar-refractivity contribution is 0.106. The molecule has 4 heteroatoms. The van der Waals surface area contributed by atoms with Gasteiger partial charge in [-0.1, -0.05) is 35.9 Å². The predicted octanol–water partition coefficient (Wildman–Crippen LogP) is 3.92. The summed E-state index contributed by atoms with van der Waals surface area (Å²) in [6.45, 7) is 5.80. The van der Waals surface area contributed by atoms with Gasteiger partial charge in [-0.2, -0.15) is 0 Å². The first-order chi connectivity index (χ1) is 10.3. The lowest BCUT2D eigenvalue weighted by atomic mass is 10.0. The van der Waals surface area contributed by atoms with Crippen LogP contribution in [0.4, 0.5) is 0 Å². The molecule has 0 aliphatic carbocycles. The van der Waals surface area contributed by atoms with E-state index in [1.54, 1.807) is 30.9 Å². The molecule has 116 valence electrons.